The Morgan fingerprint density at radius 1 is 0.963 bits per heavy atom. The fraction of sp³-hybridized carbons (Fsp3) is 0.0556. The SMILES string of the molecule is FC(F)(F)c1nc2ccccn2c1-c1cncc(Nc2ccc(Cl)cc2)n1. The minimum atomic E-state index is -4.62. The predicted molar refractivity (Wildman–Crippen MR) is 96.0 cm³/mol. The van der Waals surface area contributed by atoms with Crippen molar-refractivity contribution in [2.45, 2.75) is 6.18 Å². The molecule has 4 rings (SSSR count). The molecule has 4 aromatic rings. The first-order chi connectivity index (χ1) is 12.9. The summed E-state index contributed by atoms with van der Waals surface area (Å²) in [5.41, 5.74) is -0.255. The molecule has 9 heteroatoms. The zero-order valence-corrected chi connectivity index (χ0v) is 14.3. The van der Waals surface area contributed by atoms with Crippen LogP contribution in [0, 0.1) is 0 Å². The summed E-state index contributed by atoms with van der Waals surface area (Å²) in [4.78, 5) is 12.0. The highest BCUT2D eigenvalue weighted by Gasteiger charge is 2.38. The number of benzene rings is 1. The highest BCUT2D eigenvalue weighted by atomic mass is 35.5. The van der Waals surface area contributed by atoms with E-state index in [9.17, 15) is 13.2 Å². The second-order valence-electron chi connectivity index (χ2n) is 5.66. The lowest BCUT2D eigenvalue weighted by Gasteiger charge is -2.10. The molecule has 1 N–H and O–H groups in total. The summed E-state index contributed by atoms with van der Waals surface area (Å²) < 4.78 is 41.9. The summed E-state index contributed by atoms with van der Waals surface area (Å²) in [5, 5.41) is 3.57. The Morgan fingerprint density at radius 2 is 1.74 bits per heavy atom. The highest BCUT2D eigenvalue weighted by Crippen LogP contribution is 2.36. The Kier molecular flexibility index (Phi) is 4.19. The largest absolute Gasteiger partial charge is 0.435 e. The molecule has 3 aromatic heterocycles. The van der Waals surface area contributed by atoms with Crippen molar-refractivity contribution in [2.75, 3.05) is 5.32 Å². The van der Waals surface area contributed by atoms with Crippen molar-refractivity contribution >= 4 is 28.8 Å². The molecule has 0 unspecified atom stereocenters. The van der Waals surface area contributed by atoms with Gasteiger partial charge >= 0.3 is 6.18 Å². The molecule has 0 atom stereocenters. The molecule has 0 amide bonds. The van der Waals surface area contributed by atoms with Crippen molar-refractivity contribution in [3.63, 3.8) is 0 Å². The molecule has 0 saturated carbocycles. The van der Waals surface area contributed by atoms with Crippen molar-refractivity contribution in [1.82, 2.24) is 19.4 Å². The smallest absolute Gasteiger partial charge is 0.339 e. The van der Waals surface area contributed by atoms with Crippen LogP contribution in [0.5, 0.6) is 0 Å². The third-order valence-electron chi connectivity index (χ3n) is 3.79. The number of hydrogen-bond acceptors (Lipinski definition) is 4. The van der Waals surface area contributed by atoms with E-state index in [1.807, 2.05) is 0 Å². The van der Waals surface area contributed by atoms with Crippen LogP contribution in [0.3, 0.4) is 0 Å². The zero-order chi connectivity index (χ0) is 19.0. The van der Waals surface area contributed by atoms with Crippen LogP contribution in [-0.4, -0.2) is 19.4 Å². The van der Waals surface area contributed by atoms with Crippen LogP contribution in [0.25, 0.3) is 17.0 Å². The van der Waals surface area contributed by atoms with Crippen molar-refractivity contribution in [3.05, 3.63) is 71.8 Å². The van der Waals surface area contributed by atoms with Crippen molar-refractivity contribution < 1.29 is 13.2 Å². The van der Waals surface area contributed by atoms with Gasteiger partial charge in [-0.15, -0.1) is 0 Å². The van der Waals surface area contributed by atoms with E-state index in [0.717, 1.165) is 0 Å². The van der Waals surface area contributed by atoms with Gasteiger partial charge in [0.15, 0.2) is 5.69 Å². The van der Waals surface area contributed by atoms with Gasteiger partial charge in [0.25, 0.3) is 0 Å². The molecule has 27 heavy (non-hydrogen) atoms. The number of nitrogens with one attached hydrogen (secondary N) is 1. The molecule has 5 nitrogen and oxygen atoms in total. The van der Waals surface area contributed by atoms with Gasteiger partial charge in [0.1, 0.15) is 22.9 Å². The molecule has 0 fully saturated rings. The summed E-state index contributed by atoms with van der Waals surface area (Å²) in [6.45, 7) is 0. The predicted octanol–water partition coefficient (Wildman–Crippen LogP) is 5.21. The van der Waals surface area contributed by atoms with Gasteiger partial charge in [-0.3, -0.25) is 9.38 Å². The number of nitrogens with zero attached hydrogens (tertiary/aromatic N) is 4. The van der Waals surface area contributed by atoms with Crippen LogP contribution in [0.1, 0.15) is 5.69 Å². The molecular formula is C18H11ClF3N5. The van der Waals surface area contributed by atoms with E-state index in [2.05, 4.69) is 20.3 Å². The monoisotopic (exact) mass is 389 g/mol. The molecule has 1 aromatic carbocycles. The molecule has 0 aliphatic rings. The molecular weight excluding hydrogens is 379 g/mol. The Bertz CT molecular complexity index is 1110. The number of halogens is 4. The maximum absolute atomic E-state index is 13.5. The van der Waals surface area contributed by atoms with Gasteiger partial charge in [-0.25, -0.2) is 9.97 Å². The van der Waals surface area contributed by atoms with Gasteiger partial charge in [-0.1, -0.05) is 17.7 Å². The van der Waals surface area contributed by atoms with E-state index in [-0.39, 0.29) is 17.0 Å². The quantitative estimate of drug-likeness (QED) is 0.522. The van der Waals surface area contributed by atoms with Gasteiger partial charge in [0.05, 0.1) is 12.4 Å². The molecule has 0 spiro atoms. The van der Waals surface area contributed by atoms with Gasteiger partial charge in [-0.05, 0) is 36.4 Å². The Labute approximate surface area is 156 Å². The maximum atomic E-state index is 13.5. The molecule has 0 aliphatic heterocycles. The van der Waals surface area contributed by atoms with E-state index >= 15 is 0 Å². The van der Waals surface area contributed by atoms with Crippen LogP contribution >= 0.6 is 11.6 Å². The summed E-state index contributed by atoms with van der Waals surface area (Å²) in [6.07, 6.45) is -0.413. The molecule has 136 valence electrons. The second kappa shape index (κ2) is 6.55. The number of hydrogen-bond donors (Lipinski definition) is 1. The third kappa shape index (κ3) is 3.43. The zero-order valence-electron chi connectivity index (χ0n) is 13.6. The number of fused-ring (bicyclic) bond motifs is 1. The minimum Gasteiger partial charge on any atom is -0.339 e. The summed E-state index contributed by atoms with van der Waals surface area (Å²) in [6, 6.07) is 11.6. The minimum absolute atomic E-state index is 0.0555. The first-order valence-corrected chi connectivity index (χ1v) is 8.19. The third-order valence-corrected chi connectivity index (χ3v) is 4.04. The molecule has 3 heterocycles. The van der Waals surface area contributed by atoms with E-state index in [4.69, 9.17) is 11.6 Å². The lowest BCUT2D eigenvalue weighted by Crippen LogP contribution is -2.08. The van der Waals surface area contributed by atoms with Crippen molar-refractivity contribution in [3.8, 4) is 11.4 Å². The summed E-state index contributed by atoms with van der Waals surface area (Å²) >= 11 is 5.85. The summed E-state index contributed by atoms with van der Waals surface area (Å²) in [7, 11) is 0. The number of imidazole rings is 1. The number of pyridine rings is 1. The van der Waals surface area contributed by atoms with Gasteiger partial charge in [0.2, 0.25) is 0 Å². The Morgan fingerprint density at radius 3 is 2.48 bits per heavy atom. The first-order valence-electron chi connectivity index (χ1n) is 7.81. The normalized spacial score (nSPS) is 11.7. The van der Waals surface area contributed by atoms with Gasteiger partial charge < -0.3 is 5.32 Å². The van der Waals surface area contributed by atoms with Crippen LogP contribution < -0.4 is 5.32 Å². The first kappa shape index (κ1) is 17.3. The van der Waals surface area contributed by atoms with E-state index in [1.54, 1.807) is 36.4 Å². The van der Waals surface area contributed by atoms with Crippen LogP contribution in [0.4, 0.5) is 24.7 Å². The number of alkyl halides is 3. The average Bonchev–Trinajstić information content (AvgIpc) is 3.04. The highest BCUT2D eigenvalue weighted by molar-refractivity contribution is 6.30. The van der Waals surface area contributed by atoms with Crippen LogP contribution in [0.2, 0.25) is 5.02 Å². The molecule has 0 aliphatic carbocycles. The topological polar surface area (TPSA) is 55.1 Å². The van der Waals surface area contributed by atoms with Crippen molar-refractivity contribution in [1.29, 1.82) is 0 Å². The van der Waals surface area contributed by atoms with Crippen molar-refractivity contribution in [2.24, 2.45) is 0 Å². The van der Waals surface area contributed by atoms with E-state index in [1.165, 1.54) is 29.1 Å². The summed E-state index contributed by atoms with van der Waals surface area (Å²) in [5.74, 6) is 0.300. The number of aromatic nitrogens is 4. The molecule has 0 saturated heterocycles. The maximum Gasteiger partial charge on any atom is 0.435 e. The Hall–Kier alpha value is -3.13. The molecule has 0 bridgehead atoms. The van der Waals surface area contributed by atoms with E-state index in [0.29, 0.717) is 16.5 Å². The van der Waals surface area contributed by atoms with Crippen LogP contribution in [0.15, 0.2) is 61.1 Å². The fourth-order valence-corrected chi connectivity index (χ4v) is 2.79. The van der Waals surface area contributed by atoms with Gasteiger partial charge in [0, 0.05) is 16.9 Å². The second-order valence-corrected chi connectivity index (χ2v) is 6.09. The molecule has 0 radical (unpaired) electrons. The van der Waals surface area contributed by atoms with E-state index < -0.39 is 11.9 Å². The Balaban J connectivity index is 1.81. The van der Waals surface area contributed by atoms with Crippen LogP contribution in [-0.2, 0) is 6.18 Å². The number of anilines is 2. The standard InChI is InChI=1S/C18H11ClF3N5/c19-11-4-6-12(7-5-11)24-14-10-23-9-13(25-14)16-17(18(20,21)22)26-15-3-1-2-8-27(15)16/h1-10H,(H,24,25). The number of rotatable bonds is 3. The van der Waals surface area contributed by atoms with Gasteiger partial charge in [-0.2, -0.15) is 13.2 Å². The fourth-order valence-electron chi connectivity index (χ4n) is 2.66. The lowest BCUT2D eigenvalue weighted by molar-refractivity contribution is -0.140. The lowest BCUT2D eigenvalue weighted by atomic mass is 10.2. The average molecular weight is 390 g/mol.